The Labute approximate surface area is 97.1 Å². The lowest BCUT2D eigenvalue weighted by atomic mass is 9.67. The van der Waals surface area contributed by atoms with E-state index in [1.807, 2.05) is 4.90 Å². The summed E-state index contributed by atoms with van der Waals surface area (Å²) in [4.78, 5) is 14.3. The third-order valence-corrected chi connectivity index (χ3v) is 4.15. The Kier molecular flexibility index (Phi) is 3.50. The minimum Gasteiger partial charge on any atom is -0.380 e. The van der Waals surface area contributed by atoms with Crippen LogP contribution in [0, 0.1) is 5.41 Å². The Hall–Kier alpha value is -0.610. The number of nitrogens with two attached hydrogens (primary N) is 1. The van der Waals surface area contributed by atoms with Crippen molar-refractivity contribution in [2.75, 3.05) is 26.7 Å². The number of hydrogen-bond donors (Lipinski definition) is 1. The van der Waals surface area contributed by atoms with E-state index < -0.39 is 0 Å². The van der Waals surface area contributed by atoms with E-state index >= 15 is 0 Å². The van der Waals surface area contributed by atoms with Crippen LogP contribution in [0.15, 0.2) is 0 Å². The second-order valence-corrected chi connectivity index (χ2v) is 5.09. The number of amides is 1. The molecular weight excluding hydrogens is 204 g/mol. The average molecular weight is 226 g/mol. The van der Waals surface area contributed by atoms with Crippen LogP contribution in [0.4, 0.5) is 0 Å². The lowest BCUT2D eigenvalue weighted by molar-refractivity contribution is -0.150. The molecule has 16 heavy (non-hydrogen) atoms. The molecule has 1 aliphatic carbocycles. The second kappa shape index (κ2) is 4.72. The number of methoxy groups -OCH3 is 1. The van der Waals surface area contributed by atoms with Gasteiger partial charge in [-0.1, -0.05) is 6.42 Å². The van der Waals surface area contributed by atoms with Gasteiger partial charge in [0.1, 0.15) is 0 Å². The van der Waals surface area contributed by atoms with Gasteiger partial charge in [0.15, 0.2) is 0 Å². The van der Waals surface area contributed by atoms with Crippen molar-refractivity contribution in [2.24, 2.45) is 11.1 Å². The third kappa shape index (κ3) is 1.96. The van der Waals surface area contributed by atoms with Gasteiger partial charge in [-0.25, -0.2) is 0 Å². The molecule has 1 atom stereocenters. The fourth-order valence-electron chi connectivity index (χ4n) is 2.76. The highest BCUT2D eigenvalue weighted by Gasteiger charge is 2.45. The van der Waals surface area contributed by atoms with E-state index in [1.165, 1.54) is 0 Å². The zero-order valence-electron chi connectivity index (χ0n) is 10.1. The van der Waals surface area contributed by atoms with Crippen LogP contribution in [-0.2, 0) is 9.53 Å². The first-order chi connectivity index (χ1) is 7.72. The molecule has 92 valence electrons. The van der Waals surface area contributed by atoms with Crippen molar-refractivity contribution in [3.63, 3.8) is 0 Å². The Morgan fingerprint density at radius 3 is 2.75 bits per heavy atom. The number of piperidine rings is 1. The minimum atomic E-state index is -0.227. The van der Waals surface area contributed by atoms with Crippen molar-refractivity contribution >= 4 is 5.91 Å². The zero-order valence-corrected chi connectivity index (χ0v) is 10.1. The molecule has 2 rings (SSSR count). The third-order valence-electron chi connectivity index (χ3n) is 4.15. The summed E-state index contributed by atoms with van der Waals surface area (Å²) < 4.78 is 5.34. The second-order valence-electron chi connectivity index (χ2n) is 5.09. The fraction of sp³-hybridized carbons (Fsp3) is 0.917. The SMILES string of the molecule is COC1CCCN(C(=O)C2(CN)CCC2)C1. The summed E-state index contributed by atoms with van der Waals surface area (Å²) in [7, 11) is 1.72. The van der Waals surface area contributed by atoms with E-state index in [2.05, 4.69) is 0 Å². The van der Waals surface area contributed by atoms with Crippen molar-refractivity contribution in [1.82, 2.24) is 4.90 Å². The molecule has 4 nitrogen and oxygen atoms in total. The molecular formula is C12H22N2O2. The van der Waals surface area contributed by atoms with Crippen molar-refractivity contribution in [3.05, 3.63) is 0 Å². The summed E-state index contributed by atoms with van der Waals surface area (Å²) in [6.07, 6.45) is 5.41. The lowest BCUT2D eigenvalue weighted by Crippen LogP contribution is -2.55. The van der Waals surface area contributed by atoms with E-state index in [4.69, 9.17) is 10.5 Å². The molecule has 1 aliphatic heterocycles. The van der Waals surface area contributed by atoms with Crippen LogP contribution in [0.2, 0.25) is 0 Å². The molecule has 2 fully saturated rings. The highest BCUT2D eigenvalue weighted by Crippen LogP contribution is 2.41. The van der Waals surface area contributed by atoms with E-state index in [0.29, 0.717) is 6.54 Å². The van der Waals surface area contributed by atoms with Crippen LogP contribution in [0.5, 0.6) is 0 Å². The smallest absolute Gasteiger partial charge is 0.230 e. The number of carbonyl (C=O) groups excluding carboxylic acids is 1. The summed E-state index contributed by atoms with van der Waals surface area (Å²) in [6.45, 7) is 2.12. The number of likely N-dealkylation sites (tertiary alicyclic amines) is 1. The molecule has 1 heterocycles. The summed E-state index contributed by atoms with van der Waals surface area (Å²) in [5.74, 6) is 0.267. The Bertz CT molecular complexity index is 258. The van der Waals surface area contributed by atoms with Crippen LogP contribution >= 0.6 is 0 Å². The summed E-state index contributed by atoms with van der Waals surface area (Å²) in [5.41, 5.74) is 5.54. The fourth-order valence-corrected chi connectivity index (χ4v) is 2.76. The topological polar surface area (TPSA) is 55.6 Å². The van der Waals surface area contributed by atoms with Crippen LogP contribution in [0.3, 0.4) is 0 Å². The van der Waals surface area contributed by atoms with Gasteiger partial charge >= 0.3 is 0 Å². The van der Waals surface area contributed by atoms with Gasteiger partial charge in [0.25, 0.3) is 0 Å². The highest BCUT2D eigenvalue weighted by atomic mass is 16.5. The molecule has 0 bridgehead atoms. The number of carbonyl (C=O) groups is 1. The predicted molar refractivity (Wildman–Crippen MR) is 61.9 cm³/mol. The predicted octanol–water partition coefficient (Wildman–Crippen LogP) is 0.753. The molecule has 0 spiro atoms. The number of ether oxygens (including phenoxy) is 1. The van der Waals surface area contributed by atoms with Gasteiger partial charge in [0.2, 0.25) is 5.91 Å². The van der Waals surface area contributed by atoms with E-state index in [-0.39, 0.29) is 17.4 Å². The Morgan fingerprint density at radius 1 is 1.50 bits per heavy atom. The molecule has 2 aliphatic rings. The summed E-state index contributed by atoms with van der Waals surface area (Å²) in [6, 6.07) is 0. The zero-order chi connectivity index (χ0) is 11.6. The lowest BCUT2D eigenvalue weighted by Gasteiger charge is -2.44. The van der Waals surface area contributed by atoms with Crippen LogP contribution in [0.1, 0.15) is 32.1 Å². The normalized spacial score (nSPS) is 28.6. The van der Waals surface area contributed by atoms with Gasteiger partial charge in [-0.2, -0.15) is 0 Å². The van der Waals surface area contributed by atoms with Crippen molar-refractivity contribution in [2.45, 2.75) is 38.2 Å². The molecule has 0 aromatic carbocycles. The molecule has 2 N–H and O–H groups in total. The van der Waals surface area contributed by atoms with Gasteiger partial charge in [0, 0.05) is 26.7 Å². The number of rotatable bonds is 3. The Morgan fingerprint density at radius 2 is 2.25 bits per heavy atom. The van der Waals surface area contributed by atoms with Gasteiger partial charge in [0.05, 0.1) is 11.5 Å². The largest absolute Gasteiger partial charge is 0.380 e. The Balaban J connectivity index is 1.98. The molecule has 0 aromatic rings. The maximum Gasteiger partial charge on any atom is 0.230 e. The van der Waals surface area contributed by atoms with E-state index in [9.17, 15) is 4.79 Å². The van der Waals surface area contributed by atoms with Crippen molar-refractivity contribution < 1.29 is 9.53 Å². The molecule has 1 unspecified atom stereocenters. The quantitative estimate of drug-likeness (QED) is 0.772. The van der Waals surface area contributed by atoms with Crippen LogP contribution in [0.25, 0.3) is 0 Å². The molecule has 1 saturated carbocycles. The van der Waals surface area contributed by atoms with Crippen LogP contribution in [-0.4, -0.2) is 43.7 Å². The number of nitrogens with zero attached hydrogens (tertiary/aromatic N) is 1. The summed E-state index contributed by atoms with van der Waals surface area (Å²) in [5, 5.41) is 0. The van der Waals surface area contributed by atoms with Gasteiger partial charge in [-0.05, 0) is 25.7 Å². The molecule has 1 saturated heterocycles. The molecule has 0 radical (unpaired) electrons. The van der Waals surface area contributed by atoms with Crippen molar-refractivity contribution in [1.29, 1.82) is 0 Å². The maximum absolute atomic E-state index is 12.4. The first-order valence-electron chi connectivity index (χ1n) is 6.24. The maximum atomic E-state index is 12.4. The number of hydrogen-bond acceptors (Lipinski definition) is 3. The standard InChI is InChI=1S/C12H22N2O2/c1-16-10-4-2-7-14(8-10)11(15)12(9-13)5-3-6-12/h10H,2-9,13H2,1H3. The van der Waals surface area contributed by atoms with Crippen molar-refractivity contribution in [3.8, 4) is 0 Å². The highest BCUT2D eigenvalue weighted by molar-refractivity contribution is 5.84. The van der Waals surface area contributed by atoms with E-state index in [0.717, 1.165) is 45.2 Å². The van der Waals surface area contributed by atoms with Gasteiger partial charge < -0.3 is 15.4 Å². The first kappa shape index (κ1) is 11.9. The average Bonchev–Trinajstić information content (AvgIpc) is 2.28. The first-order valence-corrected chi connectivity index (χ1v) is 6.24. The van der Waals surface area contributed by atoms with Gasteiger partial charge in [-0.15, -0.1) is 0 Å². The molecule has 4 heteroatoms. The minimum absolute atomic E-state index is 0.215. The monoisotopic (exact) mass is 226 g/mol. The molecule has 1 amide bonds. The molecule has 0 aromatic heterocycles. The van der Waals surface area contributed by atoms with E-state index in [1.54, 1.807) is 7.11 Å². The van der Waals surface area contributed by atoms with Crippen LogP contribution < -0.4 is 5.73 Å². The summed E-state index contributed by atoms with van der Waals surface area (Å²) >= 11 is 0. The van der Waals surface area contributed by atoms with Gasteiger partial charge in [-0.3, -0.25) is 4.79 Å².